The molecular weight excluding hydrogens is 629 g/mol. The Labute approximate surface area is 253 Å². The number of nitrogen functional groups attached to an aromatic ring is 1. The molecule has 3 aliphatic rings. The number of carbonyl (C=O) groups is 4. The number of carboxylic acids is 2. The molecule has 0 radical (unpaired) electrons. The number of carboxylic acid groups (broad SMARTS) is 2. The summed E-state index contributed by atoms with van der Waals surface area (Å²) >= 11 is 3.37. The first kappa shape index (κ1) is 30.0. The lowest BCUT2D eigenvalue weighted by Crippen LogP contribution is -2.71. The number of amides is 2. The molecule has 43 heavy (non-hydrogen) atoms. The quantitative estimate of drug-likeness (QED) is 0.0488. The van der Waals surface area contributed by atoms with Crippen LogP contribution in [0.5, 0.6) is 0 Å². The first-order valence-electron chi connectivity index (χ1n) is 12.3. The second-order valence-electron chi connectivity index (χ2n) is 9.04. The van der Waals surface area contributed by atoms with Gasteiger partial charge in [0.25, 0.3) is 11.8 Å². The van der Waals surface area contributed by atoms with Crippen LogP contribution in [0.1, 0.15) is 18.5 Å². The molecule has 1 aliphatic carbocycles. The van der Waals surface area contributed by atoms with Gasteiger partial charge in [0.1, 0.15) is 28.9 Å². The number of aliphatic carboxylic acids is 2. The number of anilines is 1. The molecular formula is C22H22N10O8S3. The molecule has 226 valence electrons. The average Bonchev–Trinajstić information content (AvgIpc) is 3.76. The lowest BCUT2D eigenvalue weighted by Gasteiger charge is -2.49. The van der Waals surface area contributed by atoms with Gasteiger partial charge in [0.15, 0.2) is 16.6 Å². The standard InChI is InChI=1S/C22H22N10O8S3/c23-21-24-12(8-42-21)13(28-40-10-3-1-2-4-10)16(33)25-14-17(34)32-15(20(37)38)9(6-41-18(14)32)7-43-22-26-29-30-31(22)5-11(27-39)19(35)36/h1,3,8,10,14,18,39H,2,4-7H2,(H2,23,24)(H,25,33)(H,35,36)(H,37,38)/t10?,14?,18-/m1/s1. The summed E-state index contributed by atoms with van der Waals surface area (Å²) in [6, 6.07) is -1.03. The number of β-lactam (4-membered cyclic amide) rings is 1. The van der Waals surface area contributed by atoms with E-state index >= 15 is 0 Å². The largest absolute Gasteiger partial charge is 0.477 e. The molecule has 0 aromatic carbocycles. The summed E-state index contributed by atoms with van der Waals surface area (Å²) in [5, 5.41) is 49.4. The van der Waals surface area contributed by atoms with Crippen molar-refractivity contribution in [2.45, 2.75) is 42.1 Å². The van der Waals surface area contributed by atoms with Gasteiger partial charge < -0.3 is 31.3 Å². The van der Waals surface area contributed by atoms with Crippen LogP contribution in [0, 0.1) is 0 Å². The normalized spacial score (nSPS) is 21.9. The first-order valence-corrected chi connectivity index (χ1v) is 15.2. The highest BCUT2D eigenvalue weighted by Gasteiger charge is 2.54. The highest BCUT2D eigenvalue weighted by Crippen LogP contribution is 2.41. The molecule has 5 rings (SSSR count). The Kier molecular flexibility index (Phi) is 8.92. The zero-order valence-corrected chi connectivity index (χ0v) is 24.2. The van der Waals surface area contributed by atoms with Crippen LogP contribution in [-0.4, -0.2) is 110 Å². The molecule has 0 bridgehead atoms. The van der Waals surface area contributed by atoms with Gasteiger partial charge in [0, 0.05) is 16.9 Å². The predicted octanol–water partition coefficient (Wildman–Crippen LogP) is -0.403. The van der Waals surface area contributed by atoms with E-state index in [1.165, 1.54) is 17.1 Å². The zero-order valence-electron chi connectivity index (χ0n) is 21.8. The maximum atomic E-state index is 13.3. The number of aromatic nitrogens is 5. The molecule has 6 N–H and O–H groups in total. The number of thiazole rings is 1. The second kappa shape index (κ2) is 12.8. The summed E-state index contributed by atoms with van der Waals surface area (Å²) < 4.78 is 1.08. The van der Waals surface area contributed by atoms with Gasteiger partial charge in [-0.25, -0.2) is 19.3 Å². The fourth-order valence-corrected chi connectivity index (χ4v) is 7.16. The van der Waals surface area contributed by atoms with Gasteiger partial charge in [-0.2, -0.15) is 0 Å². The van der Waals surface area contributed by atoms with Gasteiger partial charge in [-0.1, -0.05) is 28.1 Å². The number of hydrogen-bond acceptors (Lipinski definition) is 16. The Balaban J connectivity index is 1.29. The number of allylic oxidation sites excluding steroid dienone is 1. The zero-order chi connectivity index (χ0) is 30.7. The van der Waals surface area contributed by atoms with Gasteiger partial charge in [-0.3, -0.25) is 14.5 Å². The number of nitrogens with one attached hydrogen (secondary N) is 1. The van der Waals surface area contributed by atoms with Crippen molar-refractivity contribution in [2.75, 3.05) is 17.2 Å². The minimum Gasteiger partial charge on any atom is -0.477 e. The number of fused-ring (bicyclic) bond motifs is 1. The van der Waals surface area contributed by atoms with Crippen LogP contribution < -0.4 is 11.1 Å². The highest BCUT2D eigenvalue weighted by molar-refractivity contribution is 8.01. The number of carbonyl (C=O) groups excluding carboxylic acids is 2. The van der Waals surface area contributed by atoms with E-state index in [0.717, 1.165) is 39.1 Å². The summed E-state index contributed by atoms with van der Waals surface area (Å²) in [4.78, 5) is 60.5. The lowest BCUT2D eigenvalue weighted by molar-refractivity contribution is -0.150. The maximum Gasteiger partial charge on any atom is 0.355 e. The summed E-state index contributed by atoms with van der Waals surface area (Å²) in [5.74, 6) is -3.90. The first-order chi connectivity index (χ1) is 20.7. The molecule has 2 aromatic rings. The lowest BCUT2D eigenvalue weighted by atomic mass is 10.0. The van der Waals surface area contributed by atoms with E-state index in [4.69, 9.17) is 20.9 Å². The van der Waals surface area contributed by atoms with Crippen molar-refractivity contribution in [3.63, 3.8) is 0 Å². The van der Waals surface area contributed by atoms with Crippen LogP contribution in [0.25, 0.3) is 0 Å². The Morgan fingerprint density at radius 1 is 1.30 bits per heavy atom. The second-order valence-corrected chi connectivity index (χ2v) is 12.0. The average molecular weight is 651 g/mol. The topological polar surface area (TPSA) is 261 Å². The van der Waals surface area contributed by atoms with Crippen LogP contribution in [0.4, 0.5) is 5.13 Å². The maximum absolute atomic E-state index is 13.3. The summed E-state index contributed by atoms with van der Waals surface area (Å²) in [6.45, 7) is -0.435. The van der Waals surface area contributed by atoms with E-state index in [1.807, 2.05) is 12.2 Å². The molecule has 1 fully saturated rings. The Bertz CT molecular complexity index is 1580. The summed E-state index contributed by atoms with van der Waals surface area (Å²) in [5.41, 5.74) is 5.29. The Morgan fingerprint density at radius 2 is 2.12 bits per heavy atom. The van der Waals surface area contributed by atoms with Crippen molar-refractivity contribution in [2.24, 2.45) is 10.3 Å². The number of nitrogens with two attached hydrogens (primary N) is 1. The van der Waals surface area contributed by atoms with Crippen molar-refractivity contribution in [1.29, 1.82) is 0 Å². The molecule has 21 heteroatoms. The third-order valence-electron chi connectivity index (χ3n) is 6.31. The van der Waals surface area contributed by atoms with Crippen LogP contribution in [0.3, 0.4) is 0 Å². The van der Waals surface area contributed by atoms with E-state index in [0.29, 0.717) is 12.0 Å². The Morgan fingerprint density at radius 3 is 2.77 bits per heavy atom. The molecule has 4 heterocycles. The predicted molar refractivity (Wildman–Crippen MR) is 151 cm³/mol. The fourth-order valence-electron chi connectivity index (χ4n) is 4.25. The molecule has 18 nitrogen and oxygen atoms in total. The van der Waals surface area contributed by atoms with E-state index in [9.17, 15) is 24.3 Å². The molecule has 2 unspecified atom stereocenters. The molecule has 0 spiro atoms. The third kappa shape index (κ3) is 6.32. The number of tetrazole rings is 1. The van der Waals surface area contributed by atoms with Gasteiger partial charge in [0.05, 0.1) is 6.54 Å². The molecule has 2 aliphatic heterocycles. The molecule has 2 amide bonds. The number of hydrogen-bond donors (Lipinski definition) is 5. The van der Waals surface area contributed by atoms with E-state index in [1.54, 1.807) is 0 Å². The minimum absolute atomic E-state index is 0.0518. The van der Waals surface area contributed by atoms with Crippen molar-refractivity contribution in [1.82, 2.24) is 35.4 Å². The van der Waals surface area contributed by atoms with Crippen LogP contribution in [0.2, 0.25) is 0 Å². The van der Waals surface area contributed by atoms with E-state index in [2.05, 4.69) is 36.1 Å². The van der Waals surface area contributed by atoms with Crippen LogP contribution in [-0.2, 0) is 30.6 Å². The van der Waals surface area contributed by atoms with Gasteiger partial charge in [-0.15, -0.1) is 28.2 Å². The van der Waals surface area contributed by atoms with Crippen molar-refractivity contribution < 1.29 is 39.4 Å². The van der Waals surface area contributed by atoms with Gasteiger partial charge in [-0.05, 0) is 34.9 Å². The van der Waals surface area contributed by atoms with Crippen LogP contribution in [0.15, 0.2) is 44.3 Å². The number of nitrogens with zero attached hydrogens (tertiary/aromatic N) is 8. The van der Waals surface area contributed by atoms with E-state index < -0.39 is 47.4 Å². The van der Waals surface area contributed by atoms with Gasteiger partial charge in [0.2, 0.25) is 5.16 Å². The SMILES string of the molecule is Nc1nc(C(=NOC2C=CCC2)C(=O)NC2C(=O)N3C(C(=O)O)=C(CSc4nnnn4CC(=NO)C(=O)O)CS[C@H]23)cs1. The number of thioether (sulfide) groups is 2. The molecule has 3 atom stereocenters. The summed E-state index contributed by atoms with van der Waals surface area (Å²) in [6.07, 6.45) is 4.98. The minimum atomic E-state index is -1.47. The Hall–Kier alpha value is -4.50. The molecule has 1 saturated heterocycles. The smallest absolute Gasteiger partial charge is 0.355 e. The van der Waals surface area contributed by atoms with Crippen LogP contribution >= 0.6 is 34.9 Å². The number of oxime groups is 2. The van der Waals surface area contributed by atoms with Crippen molar-refractivity contribution in [3.05, 3.63) is 34.5 Å². The third-order valence-corrected chi connectivity index (χ3v) is 9.36. The summed E-state index contributed by atoms with van der Waals surface area (Å²) in [7, 11) is 0. The van der Waals surface area contributed by atoms with E-state index in [-0.39, 0.29) is 45.0 Å². The van der Waals surface area contributed by atoms with Crippen molar-refractivity contribution in [3.8, 4) is 0 Å². The molecule has 0 saturated carbocycles. The monoisotopic (exact) mass is 650 g/mol. The fraction of sp³-hybridized carbons (Fsp3) is 0.364. The highest BCUT2D eigenvalue weighted by atomic mass is 32.2. The van der Waals surface area contributed by atoms with Gasteiger partial charge >= 0.3 is 11.9 Å². The molecule has 2 aromatic heterocycles. The van der Waals surface area contributed by atoms with Crippen molar-refractivity contribution >= 4 is 75.2 Å². The number of rotatable bonds is 12.